The number of ether oxygens (including phenoxy) is 1. The average Bonchev–Trinajstić information content (AvgIpc) is 3.59. The van der Waals surface area contributed by atoms with Crippen LogP contribution in [0.25, 0.3) is 27.8 Å². The molecule has 0 atom stereocenters. The molecule has 1 aliphatic heterocycles. The Morgan fingerprint density at radius 3 is 2.04 bits per heavy atom. The lowest BCUT2D eigenvalue weighted by atomic mass is 9.81. The van der Waals surface area contributed by atoms with Crippen molar-refractivity contribution in [2.24, 2.45) is 0 Å². The minimum atomic E-state index is 0.00779. The Labute approximate surface area is 293 Å². The van der Waals surface area contributed by atoms with E-state index in [9.17, 15) is 0 Å². The molecule has 6 heteroatoms. The molecular weight excluding hydrogens is 603 g/mol. The van der Waals surface area contributed by atoms with Gasteiger partial charge in [-0.2, -0.15) is 5.10 Å². The Morgan fingerprint density at radius 1 is 0.755 bits per heavy atom. The van der Waals surface area contributed by atoms with E-state index >= 15 is 0 Å². The number of anilines is 1. The lowest BCUT2D eigenvalue weighted by Crippen LogP contribution is -2.24. The second-order valence-corrected chi connectivity index (χ2v) is 15.7. The first-order valence-electron chi connectivity index (χ1n) is 17.7. The molecule has 0 unspecified atom stereocenters. The van der Waals surface area contributed by atoms with Gasteiger partial charge in [0.1, 0.15) is 11.5 Å². The summed E-state index contributed by atoms with van der Waals surface area (Å²) in [6, 6.07) is 22.0. The van der Waals surface area contributed by atoms with Gasteiger partial charge in [-0.25, -0.2) is 9.67 Å². The Morgan fingerprint density at radius 2 is 1.45 bits per heavy atom. The fraction of sp³-hybridized carbons (Fsp3) is 0.395. The van der Waals surface area contributed by atoms with Gasteiger partial charge < -0.3 is 14.5 Å². The number of nitrogens with zero attached hydrogens (tertiary/aromatic N) is 5. The standard InChI is InChI=1S/C43H53N5O/c1-26(2)32-19-38(27(3)4)42(39(20-32)28(5)6)33-17-35(47-25-46(12)29(7)30(47)8)22-37(18-33)49-36-14-13-31-24-45-48(40(31)23-36)41-21-34(15-16-44-41)43(9,10)11/h13-24,26-28H,25H2,1-12H3. The number of rotatable bonds is 8. The Hall–Kier alpha value is -4.58. The lowest BCUT2D eigenvalue weighted by molar-refractivity contribution is 0.459. The van der Waals surface area contributed by atoms with Gasteiger partial charge in [-0.3, -0.25) is 0 Å². The highest BCUT2D eigenvalue weighted by Crippen LogP contribution is 2.43. The smallest absolute Gasteiger partial charge is 0.154 e. The normalized spacial score (nSPS) is 14.0. The van der Waals surface area contributed by atoms with Crippen molar-refractivity contribution in [3.8, 4) is 28.4 Å². The highest BCUT2D eigenvalue weighted by atomic mass is 16.5. The quantitative estimate of drug-likeness (QED) is 0.166. The van der Waals surface area contributed by atoms with E-state index in [1.807, 2.05) is 23.1 Å². The molecule has 0 radical (unpaired) electrons. The molecule has 0 fully saturated rings. The molecule has 49 heavy (non-hydrogen) atoms. The van der Waals surface area contributed by atoms with Crippen LogP contribution in [0.4, 0.5) is 5.69 Å². The van der Waals surface area contributed by atoms with Crippen LogP contribution in [0.2, 0.25) is 0 Å². The third-order valence-electron chi connectivity index (χ3n) is 10.1. The fourth-order valence-corrected chi connectivity index (χ4v) is 6.78. The fourth-order valence-electron chi connectivity index (χ4n) is 6.78. The molecule has 0 saturated carbocycles. The third kappa shape index (κ3) is 6.70. The van der Waals surface area contributed by atoms with E-state index in [1.54, 1.807) is 0 Å². The molecule has 1 aliphatic rings. The largest absolute Gasteiger partial charge is 0.457 e. The van der Waals surface area contributed by atoms with Crippen molar-refractivity contribution in [2.75, 3.05) is 18.6 Å². The van der Waals surface area contributed by atoms with Gasteiger partial charge in [0.05, 0.1) is 18.4 Å². The maximum absolute atomic E-state index is 6.82. The summed E-state index contributed by atoms with van der Waals surface area (Å²) < 4.78 is 8.73. The van der Waals surface area contributed by atoms with Gasteiger partial charge in [0.15, 0.2) is 5.82 Å². The molecule has 3 heterocycles. The molecule has 6 nitrogen and oxygen atoms in total. The van der Waals surface area contributed by atoms with Gasteiger partial charge in [0, 0.05) is 47.8 Å². The molecule has 0 saturated heterocycles. The zero-order valence-corrected chi connectivity index (χ0v) is 31.5. The second-order valence-electron chi connectivity index (χ2n) is 15.7. The summed E-state index contributed by atoms with van der Waals surface area (Å²) >= 11 is 0. The topological polar surface area (TPSA) is 46.4 Å². The number of allylic oxidation sites excluding steroid dienone is 2. The van der Waals surface area contributed by atoms with Crippen molar-refractivity contribution in [2.45, 2.75) is 99.3 Å². The molecule has 6 rings (SSSR count). The first-order valence-corrected chi connectivity index (χ1v) is 17.7. The van der Waals surface area contributed by atoms with Gasteiger partial charge in [-0.1, -0.05) is 74.4 Å². The van der Waals surface area contributed by atoms with E-state index in [0.717, 1.165) is 40.6 Å². The number of fused-ring (bicyclic) bond motifs is 1. The monoisotopic (exact) mass is 655 g/mol. The van der Waals surface area contributed by atoms with Gasteiger partial charge >= 0.3 is 0 Å². The Bertz CT molecular complexity index is 2010. The van der Waals surface area contributed by atoms with Gasteiger partial charge in [-0.05, 0) is 107 Å². The second kappa shape index (κ2) is 13.0. The number of hydrogen-bond acceptors (Lipinski definition) is 5. The van der Waals surface area contributed by atoms with E-state index in [-0.39, 0.29) is 5.41 Å². The van der Waals surface area contributed by atoms with E-state index in [1.165, 1.54) is 44.8 Å². The zero-order chi connectivity index (χ0) is 35.4. The van der Waals surface area contributed by atoms with Crippen LogP contribution >= 0.6 is 0 Å². The summed E-state index contributed by atoms with van der Waals surface area (Å²) in [6.45, 7) is 25.7. The third-order valence-corrected chi connectivity index (χ3v) is 10.1. The molecule has 2 aromatic heterocycles. The summed E-state index contributed by atoms with van der Waals surface area (Å²) in [5.74, 6) is 3.56. The maximum Gasteiger partial charge on any atom is 0.154 e. The summed E-state index contributed by atoms with van der Waals surface area (Å²) in [5.41, 5.74) is 12.5. The van der Waals surface area contributed by atoms with Gasteiger partial charge in [0.25, 0.3) is 0 Å². The summed E-state index contributed by atoms with van der Waals surface area (Å²) in [4.78, 5) is 9.38. The Kier molecular flexibility index (Phi) is 9.12. The van der Waals surface area contributed by atoms with E-state index < -0.39 is 0 Å². The summed E-state index contributed by atoms with van der Waals surface area (Å²) in [5, 5.41) is 5.77. The molecule has 0 N–H and O–H groups in total. The zero-order valence-electron chi connectivity index (χ0n) is 31.5. The number of aromatic nitrogens is 3. The van der Waals surface area contributed by atoms with Crippen molar-refractivity contribution >= 4 is 16.6 Å². The highest BCUT2D eigenvalue weighted by Gasteiger charge is 2.25. The van der Waals surface area contributed by atoms with Crippen LogP contribution < -0.4 is 9.64 Å². The van der Waals surface area contributed by atoms with Crippen LogP contribution in [-0.4, -0.2) is 33.4 Å². The first-order chi connectivity index (χ1) is 23.1. The lowest BCUT2D eigenvalue weighted by Gasteiger charge is -2.26. The van der Waals surface area contributed by atoms with Crippen LogP contribution in [0.15, 0.2) is 84.5 Å². The van der Waals surface area contributed by atoms with Crippen LogP contribution in [-0.2, 0) is 5.41 Å². The minimum absolute atomic E-state index is 0.00779. The van der Waals surface area contributed by atoms with Crippen molar-refractivity contribution in [1.29, 1.82) is 0 Å². The predicted molar refractivity (Wildman–Crippen MR) is 205 cm³/mol. The number of hydrogen-bond donors (Lipinski definition) is 0. The van der Waals surface area contributed by atoms with Crippen LogP contribution in [0.3, 0.4) is 0 Å². The van der Waals surface area contributed by atoms with E-state index in [0.29, 0.717) is 17.8 Å². The highest BCUT2D eigenvalue weighted by molar-refractivity contribution is 5.82. The molecule has 0 spiro atoms. The average molecular weight is 656 g/mol. The molecular formula is C43H53N5O. The molecule has 0 aliphatic carbocycles. The van der Waals surface area contributed by atoms with Crippen LogP contribution in [0.5, 0.6) is 11.5 Å². The van der Waals surface area contributed by atoms with Gasteiger partial charge in [0.2, 0.25) is 0 Å². The minimum Gasteiger partial charge on any atom is -0.457 e. The first kappa shape index (κ1) is 34.3. The SMILES string of the molecule is CC1=C(C)N(c2cc(Oc3ccc4cnn(-c5cc(C(C)(C)C)ccn5)c4c3)cc(-c3c(C(C)C)cc(C(C)C)cc3C(C)C)c2)CN1C. The van der Waals surface area contributed by atoms with Gasteiger partial charge in [-0.15, -0.1) is 0 Å². The van der Waals surface area contributed by atoms with Crippen molar-refractivity contribution < 1.29 is 4.74 Å². The Balaban J connectivity index is 1.50. The summed E-state index contributed by atoms with van der Waals surface area (Å²) in [6.07, 6.45) is 3.77. The predicted octanol–water partition coefficient (Wildman–Crippen LogP) is 11.5. The molecule has 256 valence electrons. The van der Waals surface area contributed by atoms with Crippen molar-refractivity contribution in [1.82, 2.24) is 19.7 Å². The van der Waals surface area contributed by atoms with Crippen LogP contribution in [0, 0.1) is 0 Å². The maximum atomic E-state index is 6.82. The van der Waals surface area contributed by atoms with Crippen molar-refractivity contribution in [3.63, 3.8) is 0 Å². The molecule has 0 bridgehead atoms. The van der Waals surface area contributed by atoms with Crippen LogP contribution in [0.1, 0.15) is 116 Å². The van der Waals surface area contributed by atoms with Crippen molar-refractivity contribution in [3.05, 3.63) is 107 Å². The summed E-state index contributed by atoms with van der Waals surface area (Å²) in [7, 11) is 2.16. The number of benzene rings is 3. The number of pyridine rings is 1. The molecule has 3 aromatic carbocycles. The van der Waals surface area contributed by atoms with E-state index in [2.05, 4.69) is 153 Å². The molecule has 5 aromatic rings. The molecule has 0 amide bonds. The van der Waals surface area contributed by atoms with E-state index in [4.69, 9.17) is 9.84 Å².